The molecule has 4 aromatic rings. The maximum atomic E-state index is 2.32. The Balaban J connectivity index is 0.000000158. The standard InChI is InChI=1S/C18H16.C12H10/c1-4-10-16(11-5-1)18(14-8-3-9-15-18)17-12-6-2-7-13-17;1-3-7-11(8-4-1)12-9-5-2-6-10-12/h1-14H,15H2;1-10H. The van der Waals surface area contributed by atoms with Crippen LogP contribution in [0.5, 0.6) is 0 Å². The first-order chi connectivity index (χ1) is 14.9. The van der Waals surface area contributed by atoms with E-state index in [-0.39, 0.29) is 5.41 Å². The Morgan fingerprint density at radius 3 is 1.20 bits per heavy atom. The van der Waals surface area contributed by atoms with Gasteiger partial charge in [0.15, 0.2) is 0 Å². The molecule has 0 unspecified atom stereocenters. The summed E-state index contributed by atoms with van der Waals surface area (Å²) in [4.78, 5) is 0. The molecule has 0 amide bonds. The molecule has 0 spiro atoms. The van der Waals surface area contributed by atoms with E-state index in [1.54, 1.807) is 0 Å². The Hall–Kier alpha value is -3.64. The van der Waals surface area contributed by atoms with Crippen LogP contribution in [0.1, 0.15) is 17.5 Å². The van der Waals surface area contributed by atoms with E-state index in [4.69, 9.17) is 0 Å². The topological polar surface area (TPSA) is 0 Å². The normalized spacial score (nSPS) is 13.9. The third-order valence-corrected chi connectivity index (χ3v) is 5.53. The highest BCUT2D eigenvalue weighted by atomic mass is 14.3. The van der Waals surface area contributed by atoms with Gasteiger partial charge in [-0.2, -0.15) is 0 Å². The molecule has 146 valence electrons. The van der Waals surface area contributed by atoms with E-state index in [2.05, 4.69) is 133 Å². The molecule has 0 N–H and O–H groups in total. The van der Waals surface area contributed by atoms with Gasteiger partial charge in [-0.15, -0.1) is 0 Å². The molecule has 0 nitrogen and oxygen atoms in total. The Kier molecular flexibility index (Phi) is 6.37. The molecule has 0 fully saturated rings. The number of hydrogen-bond acceptors (Lipinski definition) is 0. The SMILES string of the molecule is C1=CCC(c2ccccc2)(c2ccccc2)C=C1.c1ccc(-c2ccccc2)cc1. The Morgan fingerprint density at radius 2 is 0.833 bits per heavy atom. The highest BCUT2D eigenvalue weighted by molar-refractivity contribution is 5.62. The van der Waals surface area contributed by atoms with Crippen molar-refractivity contribution in [3.8, 4) is 11.1 Å². The summed E-state index contributed by atoms with van der Waals surface area (Å²) in [6, 6.07) is 42.3. The zero-order valence-electron chi connectivity index (χ0n) is 17.1. The van der Waals surface area contributed by atoms with Crippen molar-refractivity contribution in [3.63, 3.8) is 0 Å². The predicted octanol–water partition coefficient (Wildman–Crippen LogP) is 7.84. The summed E-state index contributed by atoms with van der Waals surface area (Å²) in [6.45, 7) is 0. The smallest absolute Gasteiger partial charge is 0.0419 e. The van der Waals surface area contributed by atoms with Crippen molar-refractivity contribution < 1.29 is 0 Å². The lowest BCUT2D eigenvalue weighted by Crippen LogP contribution is -2.25. The molecule has 0 aliphatic heterocycles. The molecular formula is C30H26. The Bertz CT molecular complexity index is 999. The molecular weight excluding hydrogens is 360 g/mol. The van der Waals surface area contributed by atoms with Crippen molar-refractivity contribution in [2.45, 2.75) is 11.8 Å². The van der Waals surface area contributed by atoms with Crippen LogP contribution in [0, 0.1) is 0 Å². The van der Waals surface area contributed by atoms with Gasteiger partial charge in [-0.25, -0.2) is 0 Å². The quantitative estimate of drug-likeness (QED) is 0.336. The molecule has 0 bridgehead atoms. The molecule has 30 heavy (non-hydrogen) atoms. The minimum atomic E-state index is -0.00271. The van der Waals surface area contributed by atoms with Crippen LogP contribution in [-0.4, -0.2) is 0 Å². The third-order valence-electron chi connectivity index (χ3n) is 5.53. The molecule has 5 rings (SSSR count). The van der Waals surface area contributed by atoms with Crippen LogP contribution < -0.4 is 0 Å². The van der Waals surface area contributed by atoms with E-state index >= 15 is 0 Å². The summed E-state index contributed by atoms with van der Waals surface area (Å²) in [7, 11) is 0. The van der Waals surface area contributed by atoms with Crippen molar-refractivity contribution in [1.29, 1.82) is 0 Å². The number of hydrogen-bond donors (Lipinski definition) is 0. The van der Waals surface area contributed by atoms with Gasteiger partial charge in [0, 0.05) is 5.41 Å². The van der Waals surface area contributed by atoms with Crippen molar-refractivity contribution in [1.82, 2.24) is 0 Å². The van der Waals surface area contributed by atoms with Crippen molar-refractivity contribution in [2.75, 3.05) is 0 Å². The van der Waals surface area contributed by atoms with Gasteiger partial charge < -0.3 is 0 Å². The monoisotopic (exact) mass is 386 g/mol. The van der Waals surface area contributed by atoms with Gasteiger partial charge in [-0.3, -0.25) is 0 Å². The lowest BCUT2D eigenvalue weighted by Gasteiger charge is -2.32. The molecule has 0 saturated carbocycles. The van der Waals surface area contributed by atoms with Gasteiger partial charge in [0.1, 0.15) is 0 Å². The number of rotatable bonds is 3. The van der Waals surface area contributed by atoms with Gasteiger partial charge in [0.05, 0.1) is 0 Å². The number of allylic oxidation sites excluding steroid dienone is 4. The highest BCUT2D eigenvalue weighted by Crippen LogP contribution is 2.39. The van der Waals surface area contributed by atoms with E-state index in [1.165, 1.54) is 22.3 Å². The predicted molar refractivity (Wildman–Crippen MR) is 128 cm³/mol. The first-order valence-corrected chi connectivity index (χ1v) is 10.4. The first kappa shape index (κ1) is 19.7. The van der Waals surface area contributed by atoms with Crippen molar-refractivity contribution >= 4 is 0 Å². The number of benzene rings is 4. The van der Waals surface area contributed by atoms with Crippen LogP contribution in [0.15, 0.2) is 146 Å². The van der Waals surface area contributed by atoms with Crippen LogP contribution in [0.4, 0.5) is 0 Å². The van der Waals surface area contributed by atoms with Crippen LogP contribution in [0.3, 0.4) is 0 Å². The van der Waals surface area contributed by atoms with Crippen LogP contribution in [0.25, 0.3) is 11.1 Å². The summed E-state index contributed by atoms with van der Waals surface area (Å²) in [5, 5.41) is 0. The fourth-order valence-corrected chi connectivity index (χ4v) is 3.95. The minimum absolute atomic E-state index is 0.00271. The van der Waals surface area contributed by atoms with Gasteiger partial charge in [0.2, 0.25) is 0 Å². The molecule has 4 aromatic carbocycles. The van der Waals surface area contributed by atoms with Gasteiger partial charge in [0.25, 0.3) is 0 Å². The molecule has 1 aliphatic carbocycles. The van der Waals surface area contributed by atoms with E-state index in [9.17, 15) is 0 Å². The van der Waals surface area contributed by atoms with Crippen LogP contribution in [0.2, 0.25) is 0 Å². The lowest BCUT2D eigenvalue weighted by atomic mass is 9.70. The largest absolute Gasteiger partial charge is 0.0830 e. The van der Waals surface area contributed by atoms with E-state index in [0.717, 1.165) is 6.42 Å². The molecule has 0 atom stereocenters. The molecule has 0 aromatic heterocycles. The fraction of sp³-hybridized carbons (Fsp3) is 0.0667. The Labute approximate surface area is 179 Å². The second kappa shape index (κ2) is 9.71. The highest BCUT2D eigenvalue weighted by Gasteiger charge is 2.30. The second-order valence-corrected chi connectivity index (χ2v) is 7.43. The third kappa shape index (κ3) is 4.50. The second-order valence-electron chi connectivity index (χ2n) is 7.43. The fourth-order valence-electron chi connectivity index (χ4n) is 3.95. The van der Waals surface area contributed by atoms with E-state index in [1.807, 2.05) is 12.1 Å². The van der Waals surface area contributed by atoms with E-state index in [0.29, 0.717) is 0 Å². The van der Waals surface area contributed by atoms with Crippen molar-refractivity contribution in [2.24, 2.45) is 0 Å². The average Bonchev–Trinajstić information content (AvgIpc) is 2.87. The molecule has 0 saturated heterocycles. The Morgan fingerprint density at radius 1 is 0.433 bits per heavy atom. The molecule has 0 radical (unpaired) electrons. The summed E-state index contributed by atoms with van der Waals surface area (Å²) >= 11 is 0. The summed E-state index contributed by atoms with van der Waals surface area (Å²) in [5.74, 6) is 0. The summed E-state index contributed by atoms with van der Waals surface area (Å²) < 4.78 is 0. The average molecular weight is 387 g/mol. The zero-order chi connectivity index (χ0) is 20.5. The minimum Gasteiger partial charge on any atom is -0.0830 e. The summed E-state index contributed by atoms with van der Waals surface area (Å²) in [5.41, 5.74) is 5.27. The molecule has 1 aliphatic rings. The molecule has 0 heteroatoms. The zero-order valence-corrected chi connectivity index (χ0v) is 17.1. The lowest BCUT2D eigenvalue weighted by molar-refractivity contribution is 0.648. The molecule has 0 heterocycles. The van der Waals surface area contributed by atoms with E-state index < -0.39 is 0 Å². The van der Waals surface area contributed by atoms with Crippen LogP contribution in [-0.2, 0) is 5.41 Å². The van der Waals surface area contributed by atoms with Crippen molar-refractivity contribution in [3.05, 3.63) is 157 Å². The van der Waals surface area contributed by atoms with Crippen LogP contribution >= 0.6 is 0 Å². The first-order valence-electron chi connectivity index (χ1n) is 10.4. The maximum Gasteiger partial charge on any atom is 0.0419 e. The van der Waals surface area contributed by atoms with Gasteiger partial charge in [-0.1, -0.05) is 146 Å². The maximum absolute atomic E-state index is 2.32. The summed E-state index contributed by atoms with van der Waals surface area (Å²) in [6.07, 6.45) is 9.88. The van der Waals surface area contributed by atoms with Gasteiger partial charge in [-0.05, 0) is 28.7 Å². The van der Waals surface area contributed by atoms with Gasteiger partial charge >= 0.3 is 0 Å².